The average Bonchev–Trinajstić information content (AvgIpc) is 3.06. The number of hydrogen-bond donors (Lipinski definition) is 0. The van der Waals surface area contributed by atoms with Crippen LogP contribution in [-0.2, 0) is 6.54 Å². The number of non-ortho nitro benzene ring substituents is 1. The van der Waals surface area contributed by atoms with Crippen LogP contribution in [0.4, 0.5) is 5.69 Å². The maximum Gasteiger partial charge on any atom is 0.269 e. The van der Waals surface area contributed by atoms with E-state index in [0.717, 1.165) is 0 Å². The SMILES string of the molecule is O=C(C[n+]1ccccc1)c1ccc(-c2ccc([N+](=O)[O-])cc2)o1. The Labute approximate surface area is 131 Å². The number of pyridine rings is 1. The zero-order valence-corrected chi connectivity index (χ0v) is 12.1. The van der Waals surface area contributed by atoms with E-state index in [9.17, 15) is 14.9 Å². The number of nitro benzene ring substituents is 1. The summed E-state index contributed by atoms with van der Waals surface area (Å²) in [7, 11) is 0. The number of nitrogens with zero attached hydrogens (tertiary/aromatic N) is 2. The third-order valence-corrected chi connectivity index (χ3v) is 3.35. The van der Waals surface area contributed by atoms with Crippen LogP contribution in [0.1, 0.15) is 10.6 Å². The molecule has 2 heterocycles. The molecule has 0 saturated heterocycles. The number of furan rings is 1. The number of ketones is 1. The van der Waals surface area contributed by atoms with Crippen LogP contribution >= 0.6 is 0 Å². The summed E-state index contributed by atoms with van der Waals surface area (Å²) < 4.78 is 7.33. The molecule has 0 fully saturated rings. The molecule has 23 heavy (non-hydrogen) atoms. The molecule has 0 bridgehead atoms. The van der Waals surface area contributed by atoms with Crippen LogP contribution in [0.3, 0.4) is 0 Å². The zero-order valence-electron chi connectivity index (χ0n) is 12.1. The number of carbonyl (C=O) groups excluding carboxylic acids is 1. The molecule has 1 aromatic carbocycles. The number of benzene rings is 1. The third-order valence-electron chi connectivity index (χ3n) is 3.35. The first kappa shape index (κ1) is 14.6. The molecule has 0 aliphatic carbocycles. The molecule has 0 spiro atoms. The number of Topliss-reactive ketones (excluding diaryl/α,β-unsaturated/α-hetero) is 1. The van der Waals surface area contributed by atoms with Crippen molar-refractivity contribution in [2.45, 2.75) is 6.54 Å². The van der Waals surface area contributed by atoms with E-state index >= 15 is 0 Å². The molecule has 0 radical (unpaired) electrons. The molecule has 0 aliphatic rings. The summed E-state index contributed by atoms with van der Waals surface area (Å²) in [6.07, 6.45) is 3.61. The highest BCUT2D eigenvalue weighted by molar-refractivity contribution is 5.92. The molecule has 0 saturated carbocycles. The first-order valence-corrected chi connectivity index (χ1v) is 6.95. The standard InChI is InChI=1S/C17H13N2O4/c20-15(12-18-10-2-1-3-11-18)17-9-8-16(23-17)13-4-6-14(7-5-13)19(21)22/h1-11H,12H2/q+1. The third kappa shape index (κ3) is 3.32. The van der Waals surface area contributed by atoms with Gasteiger partial charge in [0.15, 0.2) is 18.2 Å². The second-order valence-corrected chi connectivity index (χ2v) is 4.94. The van der Waals surface area contributed by atoms with E-state index in [-0.39, 0.29) is 23.8 Å². The van der Waals surface area contributed by atoms with Crippen LogP contribution < -0.4 is 4.57 Å². The Hall–Kier alpha value is -3.28. The quantitative estimate of drug-likeness (QED) is 0.314. The predicted molar refractivity (Wildman–Crippen MR) is 81.8 cm³/mol. The summed E-state index contributed by atoms with van der Waals surface area (Å²) in [6, 6.07) is 14.9. The molecule has 6 nitrogen and oxygen atoms in total. The monoisotopic (exact) mass is 309 g/mol. The number of nitro groups is 1. The van der Waals surface area contributed by atoms with Gasteiger partial charge in [-0.2, -0.15) is 4.57 Å². The van der Waals surface area contributed by atoms with E-state index in [2.05, 4.69) is 0 Å². The van der Waals surface area contributed by atoms with Gasteiger partial charge in [0.2, 0.25) is 6.54 Å². The predicted octanol–water partition coefficient (Wildman–Crippen LogP) is 3.03. The summed E-state index contributed by atoms with van der Waals surface area (Å²) in [4.78, 5) is 22.4. The van der Waals surface area contributed by atoms with Gasteiger partial charge in [0.1, 0.15) is 5.76 Å². The van der Waals surface area contributed by atoms with Crippen molar-refractivity contribution < 1.29 is 18.7 Å². The Bertz CT molecular complexity index is 839. The minimum absolute atomic E-state index is 0.0112. The van der Waals surface area contributed by atoms with Crippen molar-refractivity contribution in [1.82, 2.24) is 0 Å². The summed E-state index contributed by atoms with van der Waals surface area (Å²) in [5.74, 6) is 0.616. The van der Waals surface area contributed by atoms with E-state index in [1.807, 2.05) is 18.2 Å². The van der Waals surface area contributed by atoms with Crippen LogP contribution in [0.2, 0.25) is 0 Å². The maximum atomic E-state index is 12.2. The molecular weight excluding hydrogens is 296 g/mol. The molecule has 6 heteroatoms. The first-order chi connectivity index (χ1) is 11.1. The van der Waals surface area contributed by atoms with Crippen molar-refractivity contribution in [2.75, 3.05) is 0 Å². The fraction of sp³-hybridized carbons (Fsp3) is 0.0588. The number of aromatic nitrogens is 1. The van der Waals surface area contributed by atoms with Crippen molar-refractivity contribution in [1.29, 1.82) is 0 Å². The number of carbonyl (C=O) groups is 1. The molecular formula is C17H13N2O4+. The Morgan fingerprint density at radius 1 is 1.04 bits per heavy atom. The van der Waals surface area contributed by atoms with Gasteiger partial charge in [0.25, 0.3) is 11.5 Å². The lowest BCUT2D eigenvalue weighted by molar-refractivity contribution is -0.683. The van der Waals surface area contributed by atoms with Crippen LogP contribution in [-0.4, -0.2) is 10.7 Å². The van der Waals surface area contributed by atoms with E-state index in [4.69, 9.17) is 4.42 Å². The summed E-state index contributed by atoms with van der Waals surface area (Å²) in [6.45, 7) is 0.189. The lowest BCUT2D eigenvalue weighted by Crippen LogP contribution is -2.36. The fourth-order valence-corrected chi connectivity index (χ4v) is 2.17. The zero-order chi connectivity index (χ0) is 16.2. The highest BCUT2D eigenvalue weighted by atomic mass is 16.6. The van der Waals surface area contributed by atoms with Gasteiger partial charge in [-0.05, 0) is 24.3 Å². The Kier molecular flexibility index (Phi) is 3.97. The van der Waals surface area contributed by atoms with E-state index in [0.29, 0.717) is 11.3 Å². The summed E-state index contributed by atoms with van der Waals surface area (Å²) in [5.41, 5.74) is 0.694. The van der Waals surface area contributed by atoms with Gasteiger partial charge < -0.3 is 4.42 Å². The minimum atomic E-state index is -0.460. The van der Waals surface area contributed by atoms with Gasteiger partial charge in [0.05, 0.1) is 4.92 Å². The van der Waals surface area contributed by atoms with E-state index < -0.39 is 4.92 Å². The Balaban J connectivity index is 1.77. The number of hydrogen-bond acceptors (Lipinski definition) is 4. The highest BCUT2D eigenvalue weighted by Gasteiger charge is 2.17. The van der Waals surface area contributed by atoms with Crippen LogP contribution in [0.5, 0.6) is 0 Å². The minimum Gasteiger partial charge on any atom is -0.453 e. The lowest BCUT2D eigenvalue weighted by Gasteiger charge is -1.97. The smallest absolute Gasteiger partial charge is 0.269 e. The van der Waals surface area contributed by atoms with Gasteiger partial charge in [0, 0.05) is 29.8 Å². The Morgan fingerprint density at radius 3 is 2.39 bits per heavy atom. The second kappa shape index (κ2) is 6.23. The molecule has 3 aromatic rings. The molecule has 2 aromatic heterocycles. The molecule has 114 valence electrons. The molecule has 0 aliphatic heterocycles. The summed E-state index contributed by atoms with van der Waals surface area (Å²) in [5, 5.41) is 10.7. The van der Waals surface area contributed by atoms with Gasteiger partial charge in [-0.1, -0.05) is 6.07 Å². The molecule has 3 rings (SSSR count). The van der Waals surface area contributed by atoms with Crippen molar-refractivity contribution in [3.05, 3.63) is 82.9 Å². The normalized spacial score (nSPS) is 10.4. The highest BCUT2D eigenvalue weighted by Crippen LogP contribution is 2.24. The Morgan fingerprint density at radius 2 is 1.74 bits per heavy atom. The van der Waals surface area contributed by atoms with Gasteiger partial charge in [-0.25, -0.2) is 0 Å². The van der Waals surface area contributed by atoms with Crippen LogP contribution in [0.15, 0.2) is 71.4 Å². The second-order valence-electron chi connectivity index (χ2n) is 4.94. The molecule has 0 amide bonds. The fourth-order valence-electron chi connectivity index (χ4n) is 2.17. The molecule has 0 unspecified atom stereocenters. The molecule has 0 atom stereocenters. The van der Waals surface area contributed by atoms with Gasteiger partial charge in [-0.15, -0.1) is 0 Å². The van der Waals surface area contributed by atoms with Crippen molar-refractivity contribution in [3.63, 3.8) is 0 Å². The van der Waals surface area contributed by atoms with Crippen molar-refractivity contribution in [2.24, 2.45) is 0 Å². The topological polar surface area (TPSA) is 77.2 Å². The maximum absolute atomic E-state index is 12.2. The molecule has 0 N–H and O–H groups in total. The van der Waals surface area contributed by atoms with Gasteiger partial charge in [-0.3, -0.25) is 14.9 Å². The van der Waals surface area contributed by atoms with Crippen molar-refractivity contribution in [3.8, 4) is 11.3 Å². The van der Waals surface area contributed by atoms with Crippen LogP contribution in [0, 0.1) is 10.1 Å². The number of rotatable bonds is 5. The summed E-state index contributed by atoms with van der Waals surface area (Å²) >= 11 is 0. The van der Waals surface area contributed by atoms with E-state index in [1.165, 1.54) is 12.1 Å². The first-order valence-electron chi connectivity index (χ1n) is 6.95. The van der Waals surface area contributed by atoms with Crippen molar-refractivity contribution >= 4 is 11.5 Å². The van der Waals surface area contributed by atoms with Crippen LogP contribution in [0.25, 0.3) is 11.3 Å². The lowest BCUT2D eigenvalue weighted by atomic mass is 10.1. The largest absolute Gasteiger partial charge is 0.453 e. The average molecular weight is 309 g/mol. The van der Waals surface area contributed by atoms with E-state index in [1.54, 1.807) is 41.2 Å². The van der Waals surface area contributed by atoms with Gasteiger partial charge >= 0.3 is 0 Å².